The molecule has 0 aromatic carbocycles. The van der Waals surface area contributed by atoms with Gasteiger partial charge in [0.05, 0.1) is 6.61 Å². The fraction of sp³-hybridized carbons (Fsp3) is 0.429. The van der Waals surface area contributed by atoms with Crippen molar-refractivity contribution in [1.82, 2.24) is 9.78 Å². The Bertz CT molecular complexity index is 361. The number of carbonyl (C=O) groups is 1. The van der Waals surface area contributed by atoms with Crippen molar-refractivity contribution in [1.29, 1.82) is 0 Å². The average Bonchev–Trinajstić information content (AvgIpc) is 2.45. The Labute approximate surface area is 82.4 Å². The summed E-state index contributed by atoms with van der Waals surface area (Å²) in [4.78, 5) is 10.7. The van der Waals surface area contributed by atoms with Crippen molar-refractivity contribution in [2.45, 2.75) is 13.0 Å². The monoisotopic (exact) mass is 246 g/mol. The number of aromatic nitrogens is 2. The molecule has 1 aliphatic rings. The van der Waals surface area contributed by atoms with E-state index in [0.29, 0.717) is 23.5 Å². The summed E-state index contributed by atoms with van der Waals surface area (Å²) in [6.45, 7) is 1.32. The summed E-state index contributed by atoms with van der Waals surface area (Å²) in [5.41, 5.74) is 0.0110. The molecular formula is C7H7BrN2O3. The van der Waals surface area contributed by atoms with E-state index >= 15 is 0 Å². The van der Waals surface area contributed by atoms with Gasteiger partial charge in [0, 0.05) is 13.0 Å². The molecule has 0 saturated heterocycles. The number of aryl methyl sites for hydroxylation is 1. The Morgan fingerprint density at radius 2 is 2.46 bits per heavy atom. The minimum absolute atomic E-state index is 0.0110. The van der Waals surface area contributed by atoms with E-state index in [9.17, 15) is 4.79 Å². The van der Waals surface area contributed by atoms with Crippen LogP contribution in [0.2, 0.25) is 0 Å². The van der Waals surface area contributed by atoms with E-state index < -0.39 is 5.97 Å². The molecule has 0 radical (unpaired) electrons. The van der Waals surface area contributed by atoms with E-state index in [2.05, 4.69) is 21.0 Å². The maximum atomic E-state index is 10.7. The molecule has 6 heteroatoms. The summed E-state index contributed by atoms with van der Waals surface area (Å²) in [6, 6.07) is 0. The molecule has 2 rings (SSSR count). The first kappa shape index (κ1) is 8.55. The Hall–Kier alpha value is -1.04. The average molecular weight is 247 g/mol. The zero-order valence-corrected chi connectivity index (χ0v) is 8.24. The largest absolute Gasteiger partial charge is 0.477 e. The fourth-order valence-corrected chi connectivity index (χ4v) is 1.80. The second-order valence-electron chi connectivity index (χ2n) is 2.70. The molecule has 0 unspecified atom stereocenters. The number of nitrogens with zero attached hydrogens (tertiary/aromatic N) is 2. The van der Waals surface area contributed by atoms with Crippen molar-refractivity contribution >= 4 is 21.9 Å². The van der Waals surface area contributed by atoms with Crippen LogP contribution < -0.4 is 4.74 Å². The van der Waals surface area contributed by atoms with E-state index in [0.717, 1.165) is 6.42 Å². The van der Waals surface area contributed by atoms with Crippen LogP contribution in [0.1, 0.15) is 16.9 Å². The van der Waals surface area contributed by atoms with Gasteiger partial charge < -0.3 is 9.84 Å². The molecule has 0 aliphatic carbocycles. The third-order valence-electron chi connectivity index (χ3n) is 1.81. The van der Waals surface area contributed by atoms with Crippen molar-refractivity contribution < 1.29 is 14.6 Å². The van der Waals surface area contributed by atoms with Crippen LogP contribution in [0.3, 0.4) is 0 Å². The highest BCUT2D eigenvalue weighted by molar-refractivity contribution is 9.10. The zero-order chi connectivity index (χ0) is 9.42. The predicted octanol–water partition coefficient (Wildman–Crippen LogP) is 1.13. The first-order valence-corrected chi connectivity index (χ1v) is 4.62. The first-order chi connectivity index (χ1) is 6.20. The maximum absolute atomic E-state index is 10.7. The lowest BCUT2D eigenvalue weighted by atomic mass is 10.4. The molecule has 0 saturated carbocycles. The fourth-order valence-electron chi connectivity index (χ4n) is 1.23. The summed E-state index contributed by atoms with van der Waals surface area (Å²) in [7, 11) is 0. The van der Waals surface area contributed by atoms with Crippen LogP contribution in [0.25, 0.3) is 0 Å². The topological polar surface area (TPSA) is 64.3 Å². The van der Waals surface area contributed by atoms with Crippen molar-refractivity contribution in [2.75, 3.05) is 6.61 Å². The van der Waals surface area contributed by atoms with Crippen LogP contribution in [0.4, 0.5) is 0 Å². The van der Waals surface area contributed by atoms with Crippen molar-refractivity contribution in [2.24, 2.45) is 0 Å². The van der Waals surface area contributed by atoms with Gasteiger partial charge in [0.25, 0.3) is 0 Å². The Morgan fingerprint density at radius 3 is 3.08 bits per heavy atom. The number of rotatable bonds is 1. The number of halogens is 1. The van der Waals surface area contributed by atoms with Gasteiger partial charge in [-0.15, -0.1) is 0 Å². The van der Waals surface area contributed by atoms with Gasteiger partial charge in [-0.3, -0.25) is 0 Å². The van der Waals surface area contributed by atoms with Crippen LogP contribution in [0.15, 0.2) is 4.47 Å². The molecular weight excluding hydrogens is 240 g/mol. The molecule has 0 bridgehead atoms. The number of carboxylic acids is 1. The molecule has 0 spiro atoms. The van der Waals surface area contributed by atoms with Crippen LogP contribution in [0, 0.1) is 0 Å². The highest BCUT2D eigenvalue weighted by Crippen LogP contribution is 2.30. The molecule has 0 amide bonds. The standard InChI is InChI=1S/C7H7BrN2O3/c8-4-5(7(11)12)9-10-2-1-3-13-6(4)10/h1-3H2,(H,11,12). The lowest BCUT2D eigenvalue weighted by Crippen LogP contribution is -2.14. The quantitative estimate of drug-likeness (QED) is 0.807. The first-order valence-electron chi connectivity index (χ1n) is 3.82. The molecule has 1 aromatic rings. The molecule has 1 aliphatic heterocycles. The number of ether oxygens (including phenoxy) is 1. The zero-order valence-electron chi connectivity index (χ0n) is 6.66. The second kappa shape index (κ2) is 3.02. The minimum atomic E-state index is -1.04. The smallest absolute Gasteiger partial charge is 0.357 e. The van der Waals surface area contributed by atoms with Crippen molar-refractivity contribution in [3.8, 4) is 5.88 Å². The summed E-state index contributed by atoms with van der Waals surface area (Å²) in [5, 5.41) is 12.6. The van der Waals surface area contributed by atoms with E-state index in [1.54, 1.807) is 4.68 Å². The molecule has 0 fully saturated rings. The minimum Gasteiger partial charge on any atom is -0.477 e. The van der Waals surface area contributed by atoms with Gasteiger partial charge in [-0.05, 0) is 15.9 Å². The molecule has 0 atom stereocenters. The summed E-state index contributed by atoms with van der Waals surface area (Å²) in [6.07, 6.45) is 0.861. The molecule has 2 heterocycles. The van der Waals surface area contributed by atoms with Gasteiger partial charge in [-0.1, -0.05) is 0 Å². The number of hydrogen-bond donors (Lipinski definition) is 1. The Morgan fingerprint density at radius 1 is 1.69 bits per heavy atom. The van der Waals surface area contributed by atoms with Crippen LogP contribution in [-0.4, -0.2) is 27.5 Å². The lowest BCUT2D eigenvalue weighted by molar-refractivity contribution is 0.0688. The summed E-state index contributed by atoms with van der Waals surface area (Å²) < 4.78 is 7.27. The number of carboxylic acid groups (broad SMARTS) is 1. The lowest BCUT2D eigenvalue weighted by Gasteiger charge is -2.14. The molecule has 70 valence electrons. The van der Waals surface area contributed by atoms with E-state index in [1.165, 1.54) is 0 Å². The van der Waals surface area contributed by atoms with Gasteiger partial charge in [-0.2, -0.15) is 5.10 Å². The summed E-state index contributed by atoms with van der Waals surface area (Å²) >= 11 is 3.15. The number of fused-ring (bicyclic) bond motifs is 1. The summed E-state index contributed by atoms with van der Waals surface area (Å²) in [5.74, 6) is -0.527. The Kier molecular flexibility index (Phi) is 1.99. The van der Waals surface area contributed by atoms with Gasteiger partial charge in [-0.25, -0.2) is 9.48 Å². The van der Waals surface area contributed by atoms with Crippen LogP contribution >= 0.6 is 15.9 Å². The van der Waals surface area contributed by atoms with Crippen LogP contribution in [0.5, 0.6) is 5.88 Å². The van der Waals surface area contributed by atoms with E-state index in [1.807, 2.05) is 0 Å². The molecule has 1 N–H and O–H groups in total. The predicted molar refractivity (Wildman–Crippen MR) is 47.0 cm³/mol. The van der Waals surface area contributed by atoms with Crippen LogP contribution in [-0.2, 0) is 6.54 Å². The van der Waals surface area contributed by atoms with Gasteiger partial charge >= 0.3 is 5.97 Å². The Balaban J connectivity index is 2.50. The molecule has 1 aromatic heterocycles. The van der Waals surface area contributed by atoms with E-state index in [4.69, 9.17) is 9.84 Å². The SMILES string of the molecule is O=C(O)c1nn2c(c1Br)OCCC2. The van der Waals surface area contributed by atoms with Gasteiger partial charge in [0.2, 0.25) is 5.88 Å². The third kappa shape index (κ3) is 1.31. The second-order valence-corrected chi connectivity index (χ2v) is 3.49. The molecule has 13 heavy (non-hydrogen) atoms. The van der Waals surface area contributed by atoms with Gasteiger partial charge in [0.1, 0.15) is 4.47 Å². The highest BCUT2D eigenvalue weighted by atomic mass is 79.9. The molecule has 5 nitrogen and oxygen atoms in total. The number of aromatic carboxylic acids is 1. The highest BCUT2D eigenvalue weighted by Gasteiger charge is 2.23. The van der Waals surface area contributed by atoms with Gasteiger partial charge in [0.15, 0.2) is 5.69 Å². The van der Waals surface area contributed by atoms with Crippen molar-refractivity contribution in [3.63, 3.8) is 0 Å². The number of hydrogen-bond acceptors (Lipinski definition) is 3. The maximum Gasteiger partial charge on any atom is 0.357 e. The van der Waals surface area contributed by atoms with Crippen molar-refractivity contribution in [3.05, 3.63) is 10.2 Å². The third-order valence-corrected chi connectivity index (χ3v) is 2.52. The normalized spacial score (nSPS) is 14.8. The van der Waals surface area contributed by atoms with E-state index in [-0.39, 0.29) is 5.69 Å².